The summed E-state index contributed by atoms with van der Waals surface area (Å²) in [6.45, 7) is 7.85. The molecule has 0 spiro atoms. The van der Waals surface area contributed by atoms with Crippen molar-refractivity contribution in [2.75, 3.05) is 57.9 Å². The van der Waals surface area contributed by atoms with Crippen LogP contribution in [-0.2, 0) is 22.5 Å². The molecule has 1 atom stereocenters. The van der Waals surface area contributed by atoms with Gasteiger partial charge in [0.25, 0.3) is 0 Å². The summed E-state index contributed by atoms with van der Waals surface area (Å²) >= 11 is 0. The minimum atomic E-state index is -0.353. The first-order chi connectivity index (χ1) is 18.5. The van der Waals surface area contributed by atoms with Gasteiger partial charge < -0.3 is 14.4 Å². The summed E-state index contributed by atoms with van der Waals surface area (Å²) in [7, 11) is 1.98. The van der Waals surface area contributed by atoms with Gasteiger partial charge in [-0.2, -0.15) is 0 Å². The lowest BCUT2D eigenvalue weighted by molar-refractivity contribution is -0.123. The van der Waals surface area contributed by atoms with Crippen molar-refractivity contribution >= 4 is 11.6 Å². The maximum Gasteiger partial charge on any atom is 0.244 e. The highest BCUT2D eigenvalue weighted by Gasteiger charge is 2.29. The summed E-state index contributed by atoms with van der Waals surface area (Å²) in [5.41, 5.74) is 2.72. The number of likely N-dealkylation sites (N-methyl/N-ethyl adjacent to an activating group) is 1. The molecule has 0 aliphatic carbocycles. The van der Waals surface area contributed by atoms with Gasteiger partial charge in [-0.1, -0.05) is 55.5 Å². The largest absolute Gasteiger partial charge is 0.492 e. The van der Waals surface area contributed by atoms with Crippen molar-refractivity contribution in [2.24, 2.45) is 0 Å². The fourth-order valence-corrected chi connectivity index (χ4v) is 4.60. The number of hydrogen-bond donors (Lipinski definition) is 0. The summed E-state index contributed by atoms with van der Waals surface area (Å²) in [5.74, 6) is 0.416. The van der Waals surface area contributed by atoms with Crippen LogP contribution in [0.2, 0.25) is 0 Å². The third kappa shape index (κ3) is 7.87. The third-order valence-corrected chi connectivity index (χ3v) is 7.02. The zero-order valence-corrected chi connectivity index (χ0v) is 22.4. The molecular formula is C31H38FN3O3. The van der Waals surface area contributed by atoms with Crippen molar-refractivity contribution < 1.29 is 18.7 Å². The average molecular weight is 520 g/mol. The number of ether oxygens (including phenoxy) is 2. The summed E-state index contributed by atoms with van der Waals surface area (Å²) in [6.07, 6.45) is 0.597. The van der Waals surface area contributed by atoms with Gasteiger partial charge in [-0.05, 0) is 55.4 Å². The molecule has 3 aromatic carbocycles. The SMILES string of the molecule is CCN(C)[C@@H](Cc1ccccc1)C(=O)N(Cc1ccc(F)cc1)c1cccc(OCCN2CCOCC2)c1. The van der Waals surface area contributed by atoms with Crippen LogP contribution in [0.4, 0.5) is 10.1 Å². The lowest BCUT2D eigenvalue weighted by Gasteiger charge is -2.32. The number of morpholine rings is 1. The number of rotatable bonds is 12. The zero-order valence-electron chi connectivity index (χ0n) is 22.4. The van der Waals surface area contributed by atoms with E-state index in [2.05, 4.69) is 28.9 Å². The normalized spacial score (nSPS) is 14.8. The lowest BCUT2D eigenvalue weighted by atomic mass is 10.0. The zero-order chi connectivity index (χ0) is 26.7. The standard InChI is InChI=1S/C31H38FN3O3/c1-3-33(2)30(22-25-8-5-4-6-9-25)31(36)35(24-26-12-14-27(32)15-13-26)28-10-7-11-29(23-28)38-21-18-34-16-19-37-20-17-34/h4-15,23,30H,3,16-22,24H2,1-2H3/t30-/m0/s1. The van der Waals surface area contributed by atoms with Crippen LogP contribution in [0.1, 0.15) is 18.1 Å². The molecule has 1 fully saturated rings. The van der Waals surface area contributed by atoms with E-state index < -0.39 is 0 Å². The summed E-state index contributed by atoms with van der Waals surface area (Å²) in [4.78, 5) is 20.4. The van der Waals surface area contributed by atoms with Gasteiger partial charge in [0.15, 0.2) is 0 Å². The first kappa shape index (κ1) is 27.8. The number of halogens is 1. The van der Waals surface area contributed by atoms with E-state index in [1.165, 1.54) is 12.1 Å². The Labute approximate surface area is 225 Å². The highest BCUT2D eigenvalue weighted by Crippen LogP contribution is 2.25. The molecule has 202 valence electrons. The van der Waals surface area contributed by atoms with Crippen molar-refractivity contribution in [3.63, 3.8) is 0 Å². The maximum absolute atomic E-state index is 14.2. The average Bonchev–Trinajstić information content (AvgIpc) is 2.96. The van der Waals surface area contributed by atoms with Gasteiger partial charge in [0.05, 0.1) is 25.8 Å². The molecule has 6 nitrogen and oxygen atoms in total. The molecule has 0 radical (unpaired) electrons. The van der Waals surface area contributed by atoms with Crippen molar-refractivity contribution in [2.45, 2.75) is 25.9 Å². The molecular weight excluding hydrogens is 481 g/mol. The Morgan fingerprint density at radius 3 is 2.45 bits per heavy atom. The van der Waals surface area contributed by atoms with Crippen LogP contribution in [0, 0.1) is 5.82 Å². The van der Waals surface area contributed by atoms with Crippen LogP contribution in [0.5, 0.6) is 5.75 Å². The van der Waals surface area contributed by atoms with Gasteiger partial charge in [-0.3, -0.25) is 14.6 Å². The predicted molar refractivity (Wildman–Crippen MR) is 149 cm³/mol. The summed E-state index contributed by atoms with van der Waals surface area (Å²) in [5, 5.41) is 0. The number of carbonyl (C=O) groups is 1. The topological polar surface area (TPSA) is 45.2 Å². The van der Waals surface area contributed by atoms with E-state index in [4.69, 9.17) is 9.47 Å². The van der Waals surface area contributed by atoms with Crippen LogP contribution in [0.3, 0.4) is 0 Å². The van der Waals surface area contributed by atoms with Crippen molar-refractivity contribution in [3.8, 4) is 5.75 Å². The van der Waals surface area contributed by atoms with Crippen LogP contribution in [0.25, 0.3) is 0 Å². The number of benzene rings is 3. The molecule has 1 aliphatic heterocycles. The number of hydrogen-bond acceptors (Lipinski definition) is 5. The molecule has 0 aromatic heterocycles. The molecule has 1 saturated heterocycles. The molecule has 0 saturated carbocycles. The van der Waals surface area contributed by atoms with E-state index in [1.807, 2.05) is 49.5 Å². The molecule has 1 aliphatic rings. The smallest absolute Gasteiger partial charge is 0.244 e. The molecule has 1 heterocycles. The molecule has 7 heteroatoms. The first-order valence-corrected chi connectivity index (χ1v) is 13.4. The fraction of sp³-hybridized carbons (Fsp3) is 0.387. The minimum absolute atomic E-state index is 0.00649. The van der Waals surface area contributed by atoms with Gasteiger partial charge in [0.2, 0.25) is 5.91 Å². The van der Waals surface area contributed by atoms with E-state index in [9.17, 15) is 9.18 Å². The van der Waals surface area contributed by atoms with E-state index in [1.54, 1.807) is 17.0 Å². The van der Waals surface area contributed by atoms with Gasteiger partial charge in [0.1, 0.15) is 18.2 Å². The quantitative estimate of drug-likeness (QED) is 0.349. The first-order valence-electron chi connectivity index (χ1n) is 13.4. The van der Waals surface area contributed by atoms with Crippen LogP contribution < -0.4 is 9.64 Å². The number of carbonyl (C=O) groups excluding carboxylic acids is 1. The number of anilines is 1. The highest BCUT2D eigenvalue weighted by molar-refractivity contribution is 5.97. The number of amides is 1. The lowest BCUT2D eigenvalue weighted by Crippen LogP contribution is -2.48. The number of nitrogens with zero attached hydrogens (tertiary/aromatic N) is 3. The van der Waals surface area contributed by atoms with Gasteiger partial charge >= 0.3 is 0 Å². The van der Waals surface area contributed by atoms with Gasteiger partial charge in [-0.15, -0.1) is 0 Å². The van der Waals surface area contributed by atoms with Gasteiger partial charge in [-0.25, -0.2) is 4.39 Å². The Bertz CT molecular complexity index is 1140. The fourth-order valence-electron chi connectivity index (χ4n) is 4.60. The minimum Gasteiger partial charge on any atom is -0.492 e. The second kappa shape index (κ2) is 14.0. The Morgan fingerprint density at radius 2 is 1.74 bits per heavy atom. The van der Waals surface area contributed by atoms with Crippen LogP contribution in [0.15, 0.2) is 78.9 Å². The van der Waals surface area contributed by atoms with Gasteiger partial charge in [0, 0.05) is 31.4 Å². The molecule has 0 unspecified atom stereocenters. The Morgan fingerprint density at radius 1 is 1.00 bits per heavy atom. The third-order valence-electron chi connectivity index (χ3n) is 7.02. The van der Waals surface area contributed by atoms with E-state index in [0.717, 1.165) is 62.0 Å². The second-order valence-corrected chi connectivity index (χ2v) is 9.63. The second-order valence-electron chi connectivity index (χ2n) is 9.63. The molecule has 3 aromatic rings. The Balaban J connectivity index is 1.56. The van der Waals surface area contributed by atoms with Crippen molar-refractivity contribution in [1.82, 2.24) is 9.80 Å². The monoisotopic (exact) mass is 519 g/mol. The summed E-state index contributed by atoms with van der Waals surface area (Å²) < 4.78 is 25.1. The molecule has 4 rings (SSSR count). The van der Waals surface area contributed by atoms with E-state index >= 15 is 0 Å². The highest BCUT2D eigenvalue weighted by atomic mass is 19.1. The van der Waals surface area contributed by atoms with Crippen molar-refractivity contribution in [1.29, 1.82) is 0 Å². The predicted octanol–water partition coefficient (Wildman–Crippen LogP) is 4.63. The Hall–Kier alpha value is -3.26. The van der Waals surface area contributed by atoms with E-state index in [0.29, 0.717) is 19.6 Å². The molecule has 1 amide bonds. The molecule has 0 bridgehead atoms. The van der Waals surface area contributed by atoms with Crippen LogP contribution in [-0.4, -0.2) is 74.8 Å². The molecule has 38 heavy (non-hydrogen) atoms. The molecule has 0 N–H and O–H groups in total. The van der Waals surface area contributed by atoms with E-state index in [-0.39, 0.29) is 17.8 Å². The van der Waals surface area contributed by atoms with Crippen LogP contribution >= 0.6 is 0 Å². The maximum atomic E-state index is 14.2. The summed E-state index contributed by atoms with van der Waals surface area (Å²) in [6, 6.07) is 23.7. The van der Waals surface area contributed by atoms with Crippen molar-refractivity contribution in [3.05, 3.63) is 95.8 Å². The Kier molecular flexibility index (Phi) is 10.3.